The van der Waals surface area contributed by atoms with E-state index in [1.807, 2.05) is 6.92 Å². The number of benzene rings is 4. The highest BCUT2D eigenvalue weighted by Gasteiger charge is 2.17. The lowest BCUT2D eigenvalue weighted by Crippen LogP contribution is -2.30. The van der Waals surface area contributed by atoms with E-state index in [4.69, 9.17) is 16.3 Å². The van der Waals surface area contributed by atoms with Gasteiger partial charge in [0.1, 0.15) is 17.3 Å². The van der Waals surface area contributed by atoms with E-state index in [0.717, 1.165) is 10.6 Å². The molecule has 0 radical (unpaired) electrons. The van der Waals surface area contributed by atoms with Crippen molar-refractivity contribution in [2.75, 3.05) is 23.0 Å². The number of carbonyl (C=O) groups is 3. The summed E-state index contributed by atoms with van der Waals surface area (Å²) in [7, 11) is 0. The molecule has 4 aromatic carbocycles. The summed E-state index contributed by atoms with van der Waals surface area (Å²) in [6.45, 7) is 2.47. The summed E-state index contributed by atoms with van der Waals surface area (Å²) in [6, 6.07) is 26.4. The first-order chi connectivity index (χ1) is 20.3. The van der Waals surface area contributed by atoms with Gasteiger partial charge in [-0.2, -0.15) is 0 Å². The molecular formula is C32H27ClFN3O4S. The van der Waals surface area contributed by atoms with Crippen molar-refractivity contribution in [1.29, 1.82) is 0 Å². The van der Waals surface area contributed by atoms with Crippen LogP contribution in [0.15, 0.2) is 108 Å². The Morgan fingerprint density at radius 3 is 2.19 bits per heavy atom. The van der Waals surface area contributed by atoms with Gasteiger partial charge in [-0.25, -0.2) is 4.39 Å². The van der Waals surface area contributed by atoms with Crippen molar-refractivity contribution < 1.29 is 23.5 Å². The topological polar surface area (TPSA) is 96.5 Å². The van der Waals surface area contributed by atoms with Crippen molar-refractivity contribution in [3.63, 3.8) is 0 Å². The van der Waals surface area contributed by atoms with Gasteiger partial charge < -0.3 is 20.7 Å². The predicted molar refractivity (Wildman–Crippen MR) is 165 cm³/mol. The van der Waals surface area contributed by atoms with Gasteiger partial charge in [0.15, 0.2) is 0 Å². The number of nitrogens with one attached hydrogen (secondary N) is 3. The fraction of sp³-hybridized carbons (Fsp3) is 0.0938. The maximum atomic E-state index is 14.5. The number of hydrogen-bond donors (Lipinski definition) is 3. The smallest absolute Gasteiger partial charge is 0.272 e. The van der Waals surface area contributed by atoms with Gasteiger partial charge in [-0.05, 0) is 85.8 Å². The van der Waals surface area contributed by atoms with Crippen molar-refractivity contribution in [1.82, 2.24) is 5.32 Å². The third kappa shape index (κ3) is 8.70. The zero-order valence-corrected chi connectivity index (χ0v) is 24.1. The molecule has 0 bridgehead atoms. The Morgan fingerprint density at radius 1 is 0.857 bits per heavy atom. The van der Waals surface area contributed by atoms with Gasteiger partial charge in [0, 0.05) is 27.4 Å². The lowest BCUT2D eigenvalue weighted by Gasteiger charge is -2.12. The number of ether oxygens (including phenoxy) is 1. The molecule has 42 heavy (non-hydrogen) atoms. The lowest BCUT2D eigenvalue weighted by atomic mass is 10.1. The van der Waals surface area contributed by atoms with E-state index in [9.17, 15) is 18.8 Å². The first kappa shape index (κ1) is 30.4. The van der Waals surface area contributed by atoms with Gasteiger partial charge in [0.2, 0.25) is 5.91 Å². The third-order valence-corrected chi connectivity index (χ3v) is 7.09. The molecule has 214 valence electrons. The first-order valence-electron chi connectivity index (χ1n) is 12.9. The summed E-state index contributed by atoms with van der Waals surface area (Å²) in [4.78, 5) is 39.2. The minimum absolute atomic E-state index is 0.0343. The lowest BCUT2D eigenvalue weighted by molar-refractivity contribution is -0.114. The molecular weight excluding hydrogens is 577 g/mol. The Kier molecular flexibility index (Phi) is 10.7. The molecule has 0 saturated carbocycles. The van der Waals surface area contributed by atoms with E-state index in [0.29, 0.717) is 23.5 Å². The van der Waals surface area contributed by atoms with Crippen LogP contribution in [-0.2, 0) is 9.59 Å². The fourth-order valence-electron chi connectivity index (χ4n) is 3.72. The largest absolute Gasteiger partial charge is 0.494 e. The van der Waals surface area contributed by atoms with Crippen molar-refractivity contribution in [3.05, 3.63) is 125 Å². The van der Waals surface area contributed by atoms with Crippen LogP contribution >= 0.6 is 23.4 Å². The number of thioether (sulfide) groups is 1. The van der Waals surface area contributed by atoms with Gasteiger partial charge in [0.25, 0.3) is 11.8 Å². The molecule has 0 heterocycles. The zero-order valence-electron chi connectivity index (χ0n) is 22.5. The second-order valence-corrected chi connectivity index (χ2v) is 10.2. The van der Waals surface area contributed by atoms with E-state index < -0.39 is 17.6 Å². The molecule has 10 heteroatoms. The molecule has 3 amide bonds. The minimum atomic E-state index is -0.672. The average molecular weight is 604 g/mol. The molecule has 0 aliphatic carbocycles. The van der Waals surface area contributed by atoms with E-state index in [-0.39, 0.29) is 27.9 Å². The summed E-state index contributed by atoms with van der Waals surface area (Å²) in [6.07, 6.45) is 1.20. The summed E-state index contributed by atoms with van der Waals surface area (Å²) in [5, 5.41) is 8.19. The molecule has 0 fully saturated rings. The molecule has 0 unspecified atom stereocenters. The predicted octanol–water partition coefficient (Wildman–Crippen LogP) is 7.02. The van der Waals surface area contributed by atoms with Gasteiger partial charge in [-0.3, -0.25) is 14.4 Å². The minimum Gasteiger partial charge on any atom is -0.494 e. The Bertz CT molecular complexity index is 1560. The highest BCUT2D eigenvalue weighted by molar-refractivity contribution is 8.00. The van der Waals surface area contributed by atoms with Gasteiger partial charge in [0.05, 0.1) is 17.4 Å². The number of amides is 3. The number of halogens is 2. The highest BCUT2D eigenvalue weighted by Crippen LogP contribution is 2.24. The second-order valence-electron chi connectivity index (χ2n) is 8.79. The first-order valence-corrected chi connectivity index (χ1v) is 14.3. The summed E-state index contributed by atoms with van der Waals surface area (Å²) < 4.78 is 19.9. The third-order valence-electron chi connectivity index (χ3n) is 5.75. The molecule has 0 aliphatic heterocycles. The molecule has 7 nitrogen and oxygen atoms in total. The van der Waals surface area contributed by atoms with Crippen LogP contribution in [0.1, 0.15) is 22.8 Å². The van der Waals surface area contributed by atoms with Crippen LogP contribution in [0.4, 0.5) is 15.8 Å². The molecule has 0 spiro atoms. The monoisotopic (exact) mass is 603 g/mol. The van der Waals surface area contributed by atoms with Crippen LogP contribution in [0.3, 0.4) is 0 Å². The van der Waals surface area contributed by atoms with Crippen LogP contribution in [0.25, 0.3) is 6.08 Å². The van der Waals surface area contributed by atoms with E-state index in [1.165, 1.54) is 36.0 Å². The summed E-state index contributed by atoms with van der Waals surface area (Å²) in [5.41, 5.74) is 1.20. The SMILES string of the molecule is CCOc1ccc(NC(=O)CSc2ccc(NC(=O)/C(=C/c3c(F)cccc3Cl)NC(=O)c3ccccc3)cc2)cc1. The quantitative estimate of drug-likeness (QED) is 0.126. The molecule has 4 rings (SSSR count). The van der Waals surface area contributed by atoms with Gasteiger partial charge in [-0.1, -0.05) is 35.9 Å². The number of hydrogen-bond acceptors (Lipinski definition) is 5. The Balaban J connectivity index is 1.40. The molecule has 0 atom stereocenters. The van der Waals surface area contributed by atoms with Crippen LogP contribution in [0.2, 0.25) is 5.02 Å². The Hall–Kier alpha value is -4.60. The maximum absolute atomic E-state index is 14.5. The number of rotatable bonds is 11. The summed E-state index contributed by atoms with van der Waals surface area (Å²) >= 11 is 7.49. The van der Waals surface area contributed by atoms with Crippen LogP contribution < -0.4 is 20.7 Å². The molecule has 3 N–H and O–H groups in total. The van der Waals surface area contributed by atoms with Gasteiger partial charge >= 0.3 is 0 Å². The summed E-state index contributed by atoms with van der Waals surface area (Å²) in [5.74, 6) is -1.12. The van der Waals surface area contributed by atoms with Crippen molar-refractivity contribution in [2.24, 2.45) is 0 Å². The van der Waals surface area contributed by atoms with Crippen LogP contribution in [-0.4, -0.2) is 30.1 Å². The molecule has 4 aromatic rings. The zero-order chi connectivity index (χ0) is 29.9. The van der Waals surface area contributed by atoms with Crippen molar-refractivity contribution >= 4 is 58.5 Å². The van der Waals surface area contributed by atoms with Crippen molar-refractivity contribution in [2.45, 2.75) is 11.8 Å². The fourth-order valence-corrected chi connectivity index (χ4v) is 4.63. The van der Waals surface area contributed by atoms with E-state index in [2.05, 4.69) is 16.0 Å². The normalized spacial score (nSPS) is 11.0. The Morgan fingerprint density at radius 2 is 1.52 bits per heavy atom. The number of carbonyl (C=O) groups excluding carboxylic acids is 3. The Labute approximate surface area is 252 Å². The van der Waals surface area contributed by atoms with Gasteiger partial charge in [-0.15, -0.1) is 11.8 Å². The molecule has 0 aliphatic rings. The average Bonchev–Trinajstić information content (AvgIpc) is 2.99. The van der Waals surface area contributed by atoms with Crippen molar-refractivity contribution in [3.8, 4) is 5.75 Å². The van der Waals surface area contributed by atoms with E-state index in [1.54, 1.807) is 78.9 Å². The van der Waals surface area contributed by atoms with E-state index >= 15 is 0 Å². The molecule has 0 aromatic heterocycles. The standard InChI is InChI=1S/C32H27ClFN3O4S/c1-2-41-24-15-11-22(12-16-24)35-30(38)20-42-25-17-13-23(14-18-25)36-32(40)29(19-26-27(33)9-6-10-28(26)34)37-31(39)21-7-4-3-5-8-21/h3-19H,2,20H2,1H3,(H,35,38)(H,36,40)(H,37,39)/b29-19-. The molecule has 0 saturated heterocycles. The van der Waals surface area contributed by atoms with Crippen LogP contribution in [0.5, 0.6) is 5.75 Å². The maximum Gasteiger partial charge on any atom is 0.272 e. The van der Waals surface area contributed by atoms with Crippen LogP contribution in [0, 0.1) is 5.82 Å². The highest BCUT2D eigenvalue weighted by atomic mass is 35.5. The second kappa shape index (κ2) is 14.9. The number of anilines is 2.